The summed E-state index contributed by atoms with van der Waals surface area (Å²) >= 11 is 0. The van der Waals surface area contributed by atoms with E-state index in [1.807, 2.05) is 12.1 Å². The molecular weight excluding hydrogens is 189 g/mol. The van der Waals surface area contributed by atoms with Crippen molar-refractivity contribution in [1.82, 2.24) is 5.32 Å². The molecule has 1 atom stereocenters. The first-order chi connectivity index (χ1) is 5.86. The van der Waals surface area contributed by atoms with Crippen LogP contribution in [0.15, 0.2) is 24.3 Å². The zero-order valence-corrected chi connectivity index (χ0v) is 8.11. The van der Waals surface area contributed by atoms with Gasteiger partial charge in [-0.05, 0) is 37.1 Å². The molecule has 0 spiro atoms. The fraction of sp³-hybridized carbons (Fsp3) is 0.400. The summed E-state index contributed by atoms with van der Waals surface area (Å²) in [4.78, 5) is 0. The number of hydrogen-bond donors (Lipinski definition) is 1. The molecule has 1 N–H and O–H groups in total. The fourth-order valence-electron chi connectivity index (χ4n) is 1.66. The van der Waals surface area contributed by atoms with Gasteiger partial charge < -0.3 is 5.32 Å². The number of hydrogen-bond acceptors (Lipinski definition) is 1. The molecule has 3 heteroatoms. The summed E-state index contributed by atoms with van der Waals surface area (Å²) < 4.78 is 12.6. The van der Waals surface area contributed by atoms with Crippen LogP contribution in [0.2, 0.25) is 0 Å². The average Bonchev–Trinajstić information content (AvgIpc) is 2.58. The normalized spacial score (nSPS) is 21.2. The second-order valence-electron chi connectivity index (χ2n) is 3.20. The first kappa shape index (κ1) is 10.5. The van der Waals surface area contributed by atoms with Crippen LogP contribution in [0.3, 0.4) is 0 Å². The Hall–Kier alpha value is -0.600. The van der Waals surface area contributed by atoms with Gasteiger partial charge in [0.15, 0.2) is 0 Å². The van der Waals surface area contributed by atoms with Gasteiger partial charge in [0.1, 0.15) is 5.82 Å². The molecule has 2 rings (SSSR count). The summed E-state index contributed by atoms with van der Waals surface area (Å²) in [6, 6.07) is 7.21. The Kier molecular flexibility index (Phi) is 3.70. The van der Waals surface area contributed by atoms with Gasteiger partial charge in [-0.15, -0.1) is 12.4 Å². The van der Waals surface area contributed by atoms with Crippen LogP contribution in [0.1, 0.15) is 24.4 Å². The Balaban J connectivity index is 0.000000845. The molecule has 1 aliphatic heterocycles. The van der Waals surface area contributed by atoms with Gasteiger partial charge >= 0.3 is 0 Å². The molecule has 0 bridgehead atoms. The standard InChI is InChI=1S/C10H12FN.ClH/c11-9-5-3-8(4-6-9)10-2-1-7-12-10;/h3-6,10,12H,1-2,7H2;1H. The van der Waals surface area contributed by atoms with E-state index >= 15 is 0 Å². The highest BCUT2D eigenvalue weighted by Gasteiger charge is 2.15. The Labute approximate surface area is 83.8 Å². The maximum Gasteiger partial charge on any atom is 0.123 e. The van der Waals surface area contributed by atoms with Crippen LogP contribution < -0.4 is 5.32 Å². The topological polar surface area (TPSA) is 12.0 Å². The molecule has 72 valence electrons. The Bertz CT molecular complexity index is 254. The van der Waals surface area contributed by atoms with E-state index in [2.05, 4.69) is 5.32 Å². The molecule has 1 unspecified atom stereocenters. The van der Waals surface area contributed by atoms with Crippen molar-refractivity contribution in [2.45, 2.75) is 18.9 Å². The monoisotopic (exact) mass is 201 g/mol. The maximum absolute atomic E-state index is 12.6. The van der Waals surface area contributed by atoms with Gasteiger partial charge in [0.05, 0.1) is 0 Å². The minimum atomic E-state index is -0.156. The molecule has 1 saturated heterocycles. The summed E-state index contributed by atoms with van der Waals surface area (Å²) in [5, 5.41) is 3.37. The minimum absolute atomic E-state index is 0. The van der Waals surface area contributed by atoms with Crippen LogP contribution in [-0.2, 0) is 0 Å². The lowest BCUT2D eigenvalue weighted by Crippen LogP contribution is -2.12. The van der Waals surface area contributed by atoms with Crippen LogP contribution >= 0.6 is 12.4 Å². The molecular formula is C10H13ClFN. The Morgan fingerprint density at radius 3 is 2.46 bits per heavy atom. The van der Waals surface area contributed by atoms with Crippen molar-refractivity contribution in [2.75, 3.05) is 6.54 Å². The summed E-state index contributed by atoms with van der Waals surface area (Å²) in [6.45, 7) is 1.09. The second kappa shape index (κ2) is 4.58. The molecule has 0 saturated carbocycles. The molecule has 1 heterocycles. The van der Waals surface area contributed by atoms with E-state index in [9.17, 15) is 4.39 Å². The van der Waals surface area contributed by atoms with Gasteiger partial charge in [0.25, 0.3) is 0 Å². The van der Waals surface area contributed by atoms with Gasteiger partial charge in [-0.3, -0.25) is 0 Å². The lowest BCUT2D eigenvalue weighted by atomic mass is 10.1. The first-order valence-corrected chi connectivity index (χ1v) is 4.35. The number of benzene rings is 1. The number of rotatable bonds is 1. The van der Waals surface area contributed by atoms with Gasteiger partial charge in [-0.1, -0.05) is 12.1 Å². The van der Waals surface area contributed by atoms with E-state index in [1.54, 1.807) is 0 Å². The quantitative estimate of drug-likeness (QED) is 0.737. The van der Waals surface area contributed by atoms with Crippen LogP contribution in [-0.4, -0.2) is 6.54 Å². The molecule has 0 aromatic heterocycles. The van der Waals surface area contributed by atoms with Gasteiger partial charge in [-0.25, -0.2) is 4.39 Å². The molecule has 1 aliphatic rings. The van der Waals surface area contributed by atoms with Crippen molar-refractivity contribution in [1.29, 1.82) is 0 Å². The third kappa shape index (κ3) is 2.42. The highest BCUT2D eigenvalue weighted by Crippen LogP contribution is 2.22. The van der Waals surface area contributed by atoms with Crippen LogP contribution in [0, 0.1) is 5.82 Å². The van der Waals surface area contributed by atoms with E-state index in [4.69, 9.17) is 0 Å². The van der Waals surface area contributed by atoms with E-state index in [-0.39, 0.29) is 18.2 Å². The van der Waals surface area contributed by atoms with Crippen molar-refractivity contribution >= 4 is 12.4 Å². The summed E-state index contributed by atoms with van der Waals surface area (Å²) in [6.07, 6.45) is 2.40. The minimum Gasteiger partial charge on any atom is -0.310 e. The van der Waals surface area contributed by atoms with Crippen molar-refractivity contribution < 1.29 is 4.39 Å². The zero-order chi connectivity index (χ0) is 8.39. The van der Waals surface area contributed by atoms with E-state index < -0.39 is 0 Å². The van der Waals surface area contributed by atoms with Crippen molar-refractivity contribution in [3.63, 3.8) is 0 Å². The molecule has 1 fully saturated rings. The highest BCUT2D eigenvalue weighted by molar-refractivity contribution is 5.85. The molecule has 1 aromatic carbocycles. The van der Waals surface area contributed by atoms with E-state index in [0.29, 0.717) is 6.04 Å². The third-order valence-electron chi connectivity index (χ3n) is 2.33. The molecule has 1 nitrogen and oxygen atoms in total. The van der Waals surface area contributed by atoms with E-state index in [0.717, 1.165) is 6.54 Å². The molecule has 0 aliphatic carbocycles. The fourth-order valence-corrected chi connectivity index (χ4v) is 1.66. The van der Waals surface area contributed by atoms with Crippen molar-refractivity contribution in [2.24, 2.45) is 0 Å². The molecule has 0 amide bonds. The number of nitrogens with one attached hydrogen (secondary N) is 1. The smallest absolute Gasteiger partial charge is 0.123 e. The lowest BCUT2D eigenvalue weighted by molar-refractivity contribution is 0.617. The predicted molar refractivity (Wildman–Crippen MR) is 53.6 cm³/mol. The van der Waals surface area contributed by atoms with Crippen LogP contribution in [0.5, 0.6) is 0 Å². The van der Waals surface area contributed by atoms with Crippen molar-refractivity contribution in [3.05, 3.63) is 35.6 Å². The van der Waals surface area contributed by atoms with E-state index in [1.165, 1.54) is 30.5 Å². The molecule has 13 heavy (non-hydrogen) atoms. The summed E-state index contributed by atoms with van der Waals surface area (Å²) in [7, 11) is 0. The van der Waals surface area contributed by atoms with Crippen molar-refractivity contribution in [3.8, 4) is 0 Å². The molecule has 1 aromatic rings. The van der Waals surface area contributed by atoms with Crippen LogP contribution in [0.4, 0.5) is 4.39 Å². The summed E-state index contributed by atoms with van der Waals surface area (Å²) in [5.41, 5.74) is 1.20. The Morgan fingerprint density at radius 1 is 1.23 bits per heavy atom. The second-order valence-corrected chi connectivity index (χ2v) is 3.20. The summed E-state index contributed by atoms with van der Waals surface area (Å²) in [5.74, 6) is -0.156. The van der Waals surface area contributed by atoms with Gasteiger partial charge in [0, 0.05) is 6.04 Å². The predicted octanol–water partition coefficient (Wildman–Crippen LogP) is 2.67. The first-order valence-electron chi connectivity index (χ1n) is 4.35. The van der Waals surface area contributed by atoms with Gasteiger partial charge in [-0.2, -0.15) is 0 Å². The zero-order valence-electron chi connectivity index (χ0n) is 7.29. The van der Waals surface area contributed by atoms with Gasteiger partial charge in [0.2, 0.25) is 0 Å². The highest BCUT2D eigenvalue weighted by atomic mass is 35.5. The lowest BCUT2D eigenvalue weighted by Gasteiger charge is -2.09. The molecule has 0 radical (unpaired) electrons. The number of halogens is 2. The maximum atomic E-state index is 12.6. The SMILES string of the molecule is Cl.Fc1ccc(C2CCCN2)cc1. The largest absolute Gasteiger partial charge is 0.310 e. The average molecular weight is 202 g/mol. The third-order valence-corrected chi connectivity index (χ3v) is 2.33. The van der Waals surface area contributed by atoms with Crippen LogP contribution in [0.25, 0.3) is 0 Å². The Morgan fingerprint density at radius 2 is 1.92 bits per heavy atom.